The number of hydrogen-bond donors (Lipinski definition) is 3. The van der Waals surface area contributed by atoms with Gasteiger partial charge in [-0.15, -0.1) is 0 Å². The summed E-state index contributed by atoms with van der Waals surface area (Å²) < 4.78 is 0. The van der Waals surface area contributed by atoms with Crippen molar-refractivity contribution < 1.29 is 5.11 Å². The van der Waals surface area contributed by atoms with Crippen LogP contribution >= 0.6 is 0 Å². The van der Waals surface area contributed by atoms with Gasteiger partial charge in [-0.05, 0) is 29.8 Å². The summed E-state index contributed by atoms with van der Waals surface area (Å²) >= 11 is 0. The lowest BCUT2D eigenvalue weighted by molar-refractivity contribution is 0.473. The normalized spacial score (nSPS) is 10.3. The minimum Gasteiger partial charge on any atom is -0.507 e. The average Bonchev–Trinajstić information content (AvgIpc) is 3.23. The minimum atomic E-state index is -0.0231. The third-order valence-corrected chi connectivity index (χ3v) is 3.77. The molecule has 1 aromatic carbocycles. The first-order valence-corrected chi connectivity index (χ1v) is 6.96. The van der Waals surface area contributed by atoms with Crippen LogP contribution in [0.25, 0.3) is 33.4 Å². The number of fused-ring (bicyclic) bond motifs is 1. The summed E-state index contributed by atoms with van der Waals surface area (Å²) in [6.07, 6.45) is 5.32. The summed E-state index contributed by atoms with van der Waals surface area (Å²) in [6.45, 7) is 0. The molecule has 0 aliphatic heterocycles. The Hall–Kier alpha value is -3.59. The van der Waals surface area contributed by atoms with Gasteiger partial charge in [0.15, 0.2) is 0 Å². The zero-order chi connectivity index (χ0) is 15.8. The molecule has 3 N–H and O–H groups in total. The Bertz CT molecular complexity index is 1040. The highest BCUT2D eigenvalue weighted by atomic mass is 16.3. The SMILES string of the molecule is C.N#Cc1cc(-c2cnc3[nH]cc(-c4ccn[nH]4)c3c2)ccc1O. The average molecular weight is 317 g/mol. The van der Waals surface area contributed by atoms with E-state index in [-0.39, 0.29) is 18.7 Å². The molecule has 24 heavy (non-hydrogen) atoms. The molecule has 0 fully saturated rings. The van der Waals surface area contributed by atoms with Gasteiger partial charge in [0, 0.05) is 35.1 Å². The fourth-order valence-corrected chi connectivity index (χ4v) is 2.60. The van der Waals surface area contributed by atoms with Crippen LogP contribution in [0.3, 0.4) is 0 Å². The van der Waals surface area contributed by atoms with Gasteiger partial charge < -0.3 is 10.1 Å². The van der Waals surface area contributed by atoms with Crippen LogP contribution in [0.1, 0.15) is 13.0 Å². The molecule has 0 atom stereocenters. The van der Waals surface area contributed by atoms with Crippen LogP contribution < -0.4 is 0 Å². The number of nitrogens with one attached hydrogen (secondary N) is 2. The molecule has 0 amide bonds. The van der Waals surface area contributed by atoms with Crippen molar-refractivity contribution in [1.82, 2.24) is 20.2 Å². The van der Waals surface area contributed by atoms with Crippen molar-refractivity contribution in [2.45, 2.75) is 7.43 Å². The Morgan fingerprint density at radius 1 is 1.12 bits per heavy atom. The van der Waals surface area contributed by atoms with Crippen molar-refractivity contribution in [3.8, 4) is 34.2 Å². The van der Waals surface area contributed by atoms with E-state index in [1.807, 2.05) is 24.4 Å². The third kappa shape index (κ3) is 2.38. The third-order valence-electron chi connectivity index (χ3n) is 3.77. The molecule has 4 aromatic rings. The Balaban J connectivity index is 0.00000169. The molecule has 118 valence electrons. The van der Waals surface area contributed by atoms with Gasteiger partial charge in [-0.2, -0.15) is 10.4 Å². The van der Waals surface area contributed by atoms with E-state index in [1.165, 1.54) is 6.07 Å². The fourth-order valence-electron chi connectivity index (χ4n) is 2.60. The summed E-state index contributed by atoms with van der Waals surface area (Å²) in [6, 6.07) is 10.8. The van der Waals surface area contributed by atoms with Gasteiger partial charge >= 0.3 is 0 Å². The van der Waals surface area contributed by atoms with Gasteiger partial charge in [0.05, 0.1) is 11.3 Å². The number of nitriles is 1. The largest absolute Gasteiger partial charge is 0.507 e. The molecule has 3 heterocycles. The molecule has 0 saturated heterocycles. The summed E-state index contributed by atoms with van der Waals surface area (Å²) in [5, 5.41) is 26.6. The Morgan fingerprint density at radius 2 is 2.00 bits per heavy atom. The van der Waals surface area contributed by atoms with Crippen molar-refractivity contribution in [2.75, 3.05) is 0 Å². The second-order valence-corrected chi connectivity index (χ2v) is 5.14. The Morgan fingerprint density at radius 3 is 2.75 bits per heavy atom. The summed E-state index contributed by atoms with van der Waals surface area (Å²) in [5.74, 6) is -0.0231. The van der Waals surface area contributed by atoms with Crippen LogP contribution in [0.2, 0.25) is 0 Å². The standard InChI is InChI=1S/C17H11N5O.CH4/c18-7-11-5-10(1-2-16(11)23)12-6-13-14(15-3-4-21-22-15)9-20-17(13)19-8-12;/h1-6,8-9,23H,(H,19,20)(H,21,22);1H4. The second-order valence-electron chi connectivity index (χ2n) is 5.14. The van der Waals surface area contributed by atoms with Gasteiger partial charge in [0.1, 0.15) is 17.5 Å². The number of nitrogens with zero attached hydrogens (tertiary/aromatic N) is 3. The summed E-state index contributed by atoms with van der Waals surface area (Å²) in [4.78, 5) is 7.57. The number of pyridine rings is 1. The maximum atomic E-state index is 9.64. The maximum absolute atomic E-state index is 9.64. The number of aromatic hydroxyl groups is 1. The first-order valence-electron chi connectivity index (χ1n) is 6.96. The van der Waals surface area contributed by atoms with E-state index in [0.29, 0.717) is 0 Å². The van der Waals surface area contributed by atoms with Gasteiger partial charge in [-0.3, -0.25) is 5.10 Å². The van der Waals surface area contributed by atoms with Crippen LogP contribution in [-0.2, 0) is 0 Å². The van der Waals surface area contributed by atoms with Crippen LogP contribution in [0.15, 0.2) is 48.9 Å². The molecule has 3 aromatic heterocycles. The monoisotopic (exact) mass is 317 g/mol. The maximum Gasteiger partial charge on any atom is 0.137 e. The topological polar surface area (TPSA) is 101 Å². The molecule has 0 aliphatic carbocycles. The molecule has 0 radical (unpaired) electrons. The van der Waals surface area contributed by atoms with Gasteiger partial charge in [-0.25, -0.2) is 4.98 Å². The van der Waals surface area contributed by atoms with Crippen molar-refractivity contribution in [3.63, 3.8) is 0 Å². The molecule has 0 aliphatic rings. The number of hydrogen-bond acceptors (Lipinski definition) is 4. The molecule has 0 saturated carbocycles. The summed E-state index contributed by atoms with van der Waals surface area (Å²) in [7, 11) is 0. The Kier molecular flexibility index (Phi) is 3.76. The highest BCUT2D eigenvalue weighted by Crippen LogP contribution is 2.31. The molecule has 0 spiro atoms. The highest BCUT2D eigenvalue weighted by molar-refractivity contribution is 5.94. The quantitative estimate of drug-likeness (QED) is 0.523. The van der Waals surface area contributed by atoms with Crippen molar-refractivity contribution in [2.24, 2.45) is 0 Å². The van der Waals surface area contributed by atoms with Crippen LogP contribution in [-0.4, -0.2) is 25.3 Å². The molecule has 0 bridgehead atoms. The first-order chi connectivity index (χ1) is 11.3. The molecule has 6 heteroatoms. The number of H-pyrrole nitrogens is 2. The zero-order valence-electron chi connectivity index (χ0n) is 11.9. The zero-order valence-corrected chi connectivity index (χ0v) is 11.9. The smallest absolute Gasteiger partial charge is 0.137 e. The molecule has 6 nitrogen and oxygen atoms in total. The van der Waals surface area contributed by atoms with Gasteiger partial charge in [0.2, 0.25) is 0 Å². The lowest BCUT2D eigenvalue weighted by Crippen LogP contribution is -1.85. The Labute approximate surface area is 138 Å². The number of rotatable bonds is 2. The fraction of sp³-hybridized carbons (Fsp3) is 0.0556. The van der Waals surface area contributed by atoms with Crippen molar-refractivity contribution >= 4 is 11.0 Å². The predicted molar refractivity (Wildman–Crippen MR) is 92.2 cm³/mol. The predicted octanol–water partition coefficient (Wildman–Crippen LogP) is 3.83. The summed E-state index contributed by atoms with van der Waals surface area (Å²) in [5.41, 5.74) is 4.59. The van der Waals surface area contributed by atoms with E-state index >= 15 is 0 Å². The van der Waals surface area contributed by atoms with E-state index in [1.54, 1.807) is 24.5 Å². The molecular formula is C18H15N5O. The second kappa shape index (κ2) is 5.89. The van der Waals surface area contributed by atoms with Crippen LogP contribution in [0.4, 0.5) is 0 Å². The number of phenols is 1. The highest BCUT2D eigenvalue weighted by Gasteiger charge is 2.11. The molecule has 0 unspecified atom stereocenters. The number of aromatic nitrogens is 4. The van der Waals surface area contributed by atoms with Crippen LogP contribution in [0, 0.1) is 11.3 Å². The minimum absolute atomic E-state index is 0. The lowest BCUT2D eigenvalue weighted by atomic mass is 10.0. The number of phenolic OH excluding ortho intramolecular Hbond substituents is 1. The van der Waals surface area contributed by atoms with Gasteiger partial charge in [-0.1, -0.05) is 13.5 Å². The molecular weight excluding hydrogens is 302 g/mol. The van der Waals surface area contributed by atoms with E-state index in [4.69, 9.17) is 5.26 Å². The van der Waals surface area contributed by atoms with Crippen molar-refractivity contribution in [1.29, 1.82) is 5.26 Å². The molecule has 4 rings (SSSR count). The number of benzene rings is 1. The number of aromatic amines is 2. The first kappa shape index (κ1) is 15.3. The van der Waals surface area contributed by atoms with Crippen LogP contribution in [0.5, 0.6) is 5.75 Å². The van der Waals surface area contributed by atoms with Gasteiger partial charge in [0.25, 0.3) is 0 Å². The van der Waals surface area contributed by atoms with E-state index in [0.717, 1.165) is 33.4 Å². The van der Waals surface area contributed by atoms with E-state index in [2.05, 4.69) is 20.2 Å². The van der Waals surface area contributed by atoms with E-state index < -0.39 is 0 Å². The lowest BCUT2D eigenvalue weighted by Gasteiger charge is -2.04. The van der Waals surface area contributed by atoms with E-state index in [9.17, 15) is 5.11 Å². The van der Waals surface area contributed by atoms with Crippen molar-refractivity contribution in [3.05, 3.63) is 54.5 Å².